The molecule has 2 aromatic rings. The van der Waals surface area contributed by atoms with Crippen molar-refractivity contribution in [3.05, 3.63) is 23.1 Å². The third-order valence-corrected chi connectivity index (χ3v) is 2.12. The van der Waals surface area contributed by atoms with Gasteiger partial charge in [0.25, 0.3) is 0 Å². The Bertz CT molecular complexity index is 510. The van der Waals surface area contributed by atoms with Gasteiger partial charge in [0.15, 0.2) is 10.8 Å². The minimum Gasteiger partial charge on any atom is -0.462 e. The Labute approximate surface area is 89.8 Å². The second-order valence-electron chi connectivity index (χ2n) is 2.69. The van der Waals surface area contributed by atoms with Gasteiger partial charge in [-0.2, -0.15) is 4.52 Å². The molecule has 0 aromatic carbocycles. The summed E-state index contributed by atoms with van der Waals surface area (Å²) in [5.41, 5.74) is 0.657. The van der Waals surface area contributed by atoms with E-state index in [0.717, 1.165) is 0 Å². The largest absolute Gasteiger partial charge is 0.462 e. The second kappa shape index (κ2) is 3.82. The molecule has 0 N–H and O–H groups in total. The van der Waals surface area contributed by atoms with Gasteiger partial charge in [0.2, 0.25) is 0 Å². The summed E-state index contributed by atoms with van der Waals surface area (Å²) >= 11 is 5.93. The van der Waals surface area contributed by atoms with Gasteiger partial charge in [0.1, 0.15) is 5.56 Å². The van der Waals surface area contributed by atoms with Gasteiger partial charge in [-0.3, -0.25) is 0 Å². The van der Waals surface area contributed by atoms with Gasteiger partial charge >= 0.3 is 5.97 Å². The number of carbonyl (C=O) groups excluding carboxylic acids is 1. The highest BCUT2D eigenvalue weighted by Gasteiger charge is 2.15. The molecule has 15 heavy (non-hydrogen) atoms. The lowest BCUT2D eigenvalue weighted by Crippen LogP contribution is -2.08. The van der Waals surface area contributed by atoms with Crippen LogP contribution >= 0.6 is 11.6 Å². The second-order valence-corrected chi connectivity index (χ2v) is 3.05. The normalized spacial score (nSPS) is 10.5. The molecule has 0 saturated carbocycles. The molecule has 0 saturated heterocycles. The number of hydrogen-bond acceptors (Lipinski definition) is 5. The van der Waals surface area contributed by atoms with Crippen LogP contribution in [0, 0.1) is 0 Å². The fourth-order valence-electron chi connectivity index (χ4n) is 1.10. The van der Waals surface area contributed by atoms with Crippen LogP contribution in [0.25, 0.3) is 5.65 Å². The van der Waals surface area contributed by atoms with Gasteiger partial charge in [-0.25, -0.2) is 9.78 Å². The van der Waals surface area contributed by atoms with E-state index in [1.54, 1.807) is 6.92 Å². The predicted octanol–water partition coefficient (Wildman–Crippen LogP) is 0.954. The minimum atomic E-state index is -0.521. The molecular weight excluding hydrogens is 220 g/mol. The molecule has 0 bridgehead atoms. The summed E-state index contributed by atoms with van der Waals surface area (Å²) < 4.78 is 6.08. The Hall–Kier alpha value is -1.69. The Morgan fingerprint density at radius 2 is 2.40 bits per heavy atom. The van der Waals surface area contributed by atoms with Crippen LogP contribution in [0.5, 0.6) is 0 Å². The zero-order valence-electron chi connectivity index (χ0n) is 7.85. The van der Waals surface area contributed by atoms with Crippen molar-refractivity contribution in [2.24, 2.45) is 0 Å². The van der Waals surface area contributed by atoms with Crippen molar-refractivity contribution in [2.75, 3.05) is 6.61 Å². The van der Waals surface area contributed by atoms with Crippen molar-refractivity contribution in [2.45, 2.75) is 6.92 Å². The Balaban J connectivity index is 2.52. The van der Waals surface area contributed by atoms with Crippen molar-refractivity contribution < 1.29 is 9.53 Å². The molecule has 0 aliphatic rings. The molecule has 7 heteroatoms. The van der Waals surface area contributed by atoms with Crippen molar-refractivity contribution in [1.29, 1.82) is 0 Å². The Morgan fingerprint density at radius 1 is 1.60 bits per heavy atom. The third-order valence-electron chi connectivity index (χ3n) is 1.76. The molecule has 78 valence electrons. The van der Waals surface area contributed by atoms with Crippen LogP contribution in [-0.4, -0.2) is 32.4 Å². The summed E-state index contributed by atoms with van der Waals surface area (Å²) in [6.07, 6.45) is 2.79. The van der Waals surface area contributed by atoms with E-state index in [4.69, 9.17) is 16.3 Å². The highest BCUT2D eigenvalue weighted by Crippen LogP contribution is 2.16. The Morgan fingerprint density at radius 3 is 3.13 bits per heavy atom. The van der Waals surface area contributed by atoms with Crippen LogP contribution < -0.4 is 0 Å². The molecule has 0 aliphatic heterocycles. The van der Waals surface area contributed by atoms with Gasteiger partial charge < -0.3 is 4.74 Å². The van der Waals surface area contributed by atoms with E-state index in [2.05, 4.69) is 15.3 Å². The number of carbonyl (C=O) groups is 1. The van der Waals surface area contributed by atoms with Crippen LogP contribution in [0.1, 0.15) is 17.3 Å². The van der Waals surface area contributed by atoms with Gasteiger partial charge in [0, 0.05) is 6.20 Å². The molecule has 0 fully saturated rings. The van der Waals surface area contributed by atoms with E-state index in [1.807, 2.05) is 0 Å². The molecule has 2 aromatic heterocycles. The maximum absolute atomic E-state index is 11.4. The highest BCUT2D eigenvalue weighted by molar-refractivity contribution is 6.32. The van der Waals surface area contributed by atoms with Crippen LogP contribution in [0.4, 0.5) is 0 Å². The molecule has 0 amide bonds. The molecule has 2 heterocycles. The molecule has 0 spiro atoms. The average molecular weight is 227 g/mol. The predicted molar refractivity (Wildman–Crippen MR) is 51.7 cm³/mol. The number of fused-ring (bicyclic) bond motifs is 1. The van der Waals surface area contributed by atoms with Crippen molar-refractivity contribution in [3.8, 4) is 0 Å². The summed E-state index contributed by atoms with van der Waals surface area (Å²) in [7, 11) is 0. The smallest absolute Gasteiger partial charge is 0.342 e. The number of hydrogen-bond donors (Lipinski definition) is 0. The first-order valence-electron chi connectivity index (χ1n) is 4.26. The summed E-state index contributed by atoms with van der Waals surface area (Å²) in [5, 5.41) is 7.46. The van der Waals surface area contributed by atoms with Crippen LogP contribution in [0.3, 0.4) is 0 Å². The number of halogens is 1. The first kappa shape index (κ1) is 9.85. The maximum Gasteiger partial charge on any atom is 0.342 e. The monoisotopic (exact) mass is 226 g/mol. The number of aromatic nitrogens is 4. The quantitative estimate of drug-likeness (QED) is 0.563. The first-order valence-corrected chi connectivity index (χ1v) is 4.64. The van der Waals surface area contributed by atoms with Gasteiger partial charge in [0.05, 0.1) is 12.8 Å². The highest BCUT2D eigenvalue weighted by atomic mass is 35.5. The lowest BCUT2D eigenvalue weighted by molar-refractivity contribution is 0.0525. The van der Waals surface area contributed by atoms with Gasteiger partial charge in [-0.15, -0.1) is 5.10 Å². The number of esters is 1. The van der Waals surface area contributed by atoms with Crippen molar-refractivity contribution in [1.82, 2.24) is 19.8 Å². The van der Waals surface area contributed by atoms with E-state index in [0.29, 0.717) is 5.65 Å². The fourth-order valence-corrected chi connectivity index (χ4v) is 1.35. The van der Waals surface area contributed by atoms with Crippen molar-refractivity contribution in [3.63, 3.8) is 0 Å². The molecular formula is C8H7ClN4O2. The first-order chi connectivity index (χ1) is 7.24. The third kappa shape index (κ3) is 1.63. The van der Waals surface area contributed by atoms with E-state index >= 15 is 0 Å². The van der Waals surface area contributed by atoms with E-state index < -0.39 is 5.97 Å². The summed E-state index contributed by atoms with van der Waals surface area (Å²) in [6.45, 7) is 2.00. The SMILES string of the molecule is CCOC(=O)c1cnc2cnnn2c1Cl. The lowest BCUT2D eigenvalue weighted by atomic mass is 10.3. The standard InChI is InChI=1S/C8H7ClN4O2/c1-2-15-8(14)5-3-10-6-4-11-12-13(6)7(5)9/h3-4H,2H2,1H3. The number of ether oxygens (including phenoxy) is 1. The van der Waals surface area contributed by atoms with Crippen LogP contribution in [0.15, 0.2) is 12.4 Å². The summed E-state index contributed by atoms with van der Waals surface area (Å²) in [4.78, 5) is 15.4. The Kier molecular flexibility index (Phi) is 2.51. The molecule has 0 radical (unpaired) electrons. The zero-order chi connectivity index (χ0) is 10.8. The molecule has 0 aliphatic carbocycles. The van der Waals surface area contributed by atoms with E-state index in [9.17, 15) is 4.79 Å². The molecule has 0 atom stereocenters. The average Bonchev–Trinajstić information content (AvgIpc) is 2.67. The molecule has 6 nitrogen and oxygen atoms in total. The van der Waals surface area contributed by atoms with Crippen LogP contribution in [0.2, 0.25) is 5.15 Å². The summed E-state index contributed by atoms with van der Waals surface area (Å²) in [5.74, 6) is -0.521. The maximum atomic E-state index is 11.4. The number of rotatable bonds is 2. The van der Waals surface area contributed by atoms with Gasteiger partial charge in [-0.1, -0.05) is 16.8 Å². The topological polar surface area (TPSA) is 69.4 Å². The van der Waals surface area contributed by atoms with Crippen LogP contribution in [-0.2, 0) is 4.74 Å². The van der Waals surface area contributed by atoms with Gasteiger partial charge in [-0.05, 0) is 6.92 Å². The van der Waals surface area contributed by atoms with E-state index in [-0.39, 0.29) is 17.3 Å². The lowest BCUT2D eigenvalue weighted by Gasteiger charge is -2.03. The zero-order valence-corrected chi connectivity index (χ0v) is 8.60. The fraction of sp³-hybridized carbons (Fsp3) is 0.250. The molecule has 2 rings (SSSR count). The summed E-state index contributed by atoms with van der Waals surface area (Å²) in [6, 6.07) is 0. The van der Waals surface area contributed by atoms with Crippen molar-refractivity contribution >= 4 is 23.2 Å². The minimum absolute atomic E-state index is 0.149. The number of nitrogens with zero attached hydrogens (tertiary/aromatic N) is 4. The van der Waals surface area contributed by atoms with E-state index in [1.165, 1.54) is 16.9 Å². The molecule has 0 unspecified atom stereocenters.